The molecule has 5 aliphatic rings. The fourth-order valence-corrected chi connectivity index (χ4v) is 8.65. The Kier molecular flexibility index (Phi) is 6.58. The predicted octanol–water partition coefficient (Wildman–Crippen LogP) is 6.08. The molecule has 3 nitrogen and oxygen atoms in total. The Morgan fingerprint density at radius 1 is 0.935 bits per heavy atom. The average Bonchev–Trinajstić information content (AvgIpc) is 3.38. The molecule has 5 rings (SSSR count). The van der Waals surface area contributed by atoms with Gasteiger partial charge >= 0.3 is 0 Å². The van der Waals surface area contributed by atoms with Crippen LogP contribution in [0.15, 0.2) is 11.6 Å². The summed E-state index contributed by atoms with van der Waals surface area (Å²) in [6.07, 6.45) is 16.8. The Morgan fingerprint density at radius 3 is 2.61 bits per heavy atom. The second kappa shape index (κ2) is 9.11. The highest BCUT2D eigenvalue weighted by atomic mass is 16.5. The van der Waals surface area contributed by atoms with Gasteiger partial charge in [-0.25, -0.2) is 0 Å². The molecule has 1 heterocycles. The lowest BCUT2D eigenvalue weighted by molar-refractivity contribution is -0.0584. The third-order valence-corrected chi connectivity index (χ3v) is 10.9. The average molecular weight is 430 g/mol. The third-order valence-electron chi connectivity index (χ3n) is 10.9. The van der Waals surface area contributed by atoms with Crippen molar-refractivity contribution in [3.63, 3.8) is 0 Å². The van der Waals surface area contributed by atoms with Gasteiger partial charge in [0.25, 0.3) is 0 Å². The topological polar surface area (TPSA) is 21.7 Å². The Morgan fingerprint density at radius 2 is 1.77 bits per heavy atom. The van der Waals surface area contributed by atoms with Crippen LogP contribution in [-0.2, 0) is 9.47 Å². The molecule has 7 atom stereocenters. The van der Waals surface area contributed by atoms with Crippen LogP contribution in [0, 0.1) is 34.5 Å². The Labute approximate surface area is 191 Å². The van der Waals surface area contributed by atoms with Crippen molar-refractivity contribution in [1.82, 2.24) is 4.90 Å². The van der Waals surface area contributed by atoms with Crippen molar-refractivity contribution in [2.24, 2.45) is 34.5 Å². The number of rotatable bonds is 7. The number of allylic oxidation sites excluding steroid dienone is 1. The van der Waals surface area contributed by atoms with Crippen molar-refractivity contribution in [3.05, 3.63) is 11.6 Å². The maximum atomic E-state index is 6.27. The first-order chi connectivity index (χ1) is 15.0. The van der Waals surface area contributed by atoms with Crippen LogP contribution in [0.2, 0.25) is 0 Å². The van der Waals surface area contributed by atoms with Gasteiger partial charge < -0.3 is 14.4 Å². The second-order valence-corrected chi connectivity index (χ2v) is 12.2. The lowest BCUT2D eigenvalue weighted by atomic mass is 9.47. The zero-order chi connectivity index (χ0) is 21.5. The minimum atomic E-state index is 0.321. The van der Waals surface area contributed by atoms with E-state index in [9.17, 15) is 0 Å². The summed E-state index contributed by atoms with van der Waals surface area (Å²) >= 11 is 0. The van der Waals surface area contributed by atoms with E-state index >= 15 is 0 Å². The van der Waals surface area contributed by atoms with E-state index in [2.05, 4.69) is 31.7 Å². The highest BCUT2D eigenvalue weighted by Gasteiger charge is 2.57. The van der Waals surface area contributed by atoms with Crippen molar-refractivity contribution in [3.8, 4) is 0 Å². The summed E-state index contributed by atoms with van der Waals surface area (Å²) in [6, 6.07) is 0. The van der Waals surface area contributed by atoms with Gasteiger partial charge in [0.2, 0.25) is 0 Å². The van der Waals surface area contributed by atoms with Gasteiger partial charge in [0.05, 0.1) is 25.9 Å². The summed E-state index contributed by atoms with van der Waals surface area (Å²) < 4.78 is 12.1. The summed E-state index contributed by atoms with van der Waals surface area (Å²) in [5.41, 5.74) is 2.82. The maximum Gasteiger partial charge on any atom is 0.0760 e. The molecule has 3 saturated carbocycles. The molecule has 0 aromatic rings. The van der Waals surface area contributed by atoms with Gasteiger partial charge in [0.1, 0.15) is 0 Å². The molecule has 3 heteroatoms. The first-order valence-electron chi connectivity index (χ1n) is 13.6. The number of hydrogen-bond acceptors (Lipinski definition) is 3. The molecule has 176 valence electrons. The van der Waals surface area contributed by atoms with Gasteiger partial charge in [-0.15, -0.1) is 0 Å². The molecule has 0 spiro atoms. The van der Waals surface area contributed by atoms with Crippen LogP contribution < -0.4 is 0 Å². The zero-order valence-electron chi connectivity index (χ0n) is 20.5. The van der Waals surface area contributed by atoms with Gasteiger partial charge in [0.15, 0.2) is 0 Å². The summed E-state index contributed by atoms with van der Waals surface area (Å²) in [5, 5.41) is 0. The normalized spacial score (nSPS) is 45.1. The molecular weight excluding hydrogens is 382 g/mol. The summed E-state index contributed by atoms with van der Waals surface area (Å²) in [4.78, 5) is 2.52. The van der Waals surface area contributed by atoms with Gasteiger partial charge in [-0.1, -0.05) is 32.4 Å². The lowest BCUT2D eigenvalue weighted by Gasteiger charge is -2.58. The summed E-state index contributed by atoms with van der Waals surface area (Å²) in [6.45, 7) is 13.7. The molecule has 31 heavy (non-hydrogen) atoms. The van der Waals surface area contributed by atoms with E-state index < -0.39 is 0 Å². The molecule has 1 aliphatic heterocycles. The Hall–Kier alpha value is -0.380. The van der Waals surface area contributed by atoms with Crippen molar-refractivity contribution in [2.75, 3.05) is 39.5 Å². The molecule has 4 fully saturated rings. The van der Waals surface area contributed by atoms with E-state index in [0.717, 1.165) is 50.0 Å². The molecule has 1 saturated heterocycles. The Balaban J connectivity index is 1.12. The highest BCUT2D eigenvalue weighted by molar-refractivity contribution is 5.25. The molecule has 4 aliphatic carbocycles. The highest BCUT2D eigenvalue weighted by Crippen LogP contribution is 2.66. The van der Waals surface area contributed by atoms with Crippen LogP contribution in [0.3, 0.4) is 0 Å². The van der Waals surface area contributed by atoms with Crippen molar-refractivity contribution >= 4 is 0 Å². The molecule has 0 aromatic heterocycles. The summed E-state index contributed by atoms with van der Waals surface area (Å²) in [5.74, 6) is 3.83. The monoisotopic (exact) mass is 429 g/mol. The number of fused-ring (bicyclic) bond motifs is 5. The van der Waals surface area contributed by atoms with Gasteiger partial charge in [-0.2, -0.15) is 0 Å². The van der Waals surface area contributed by atoms with Crippen LogP contribution in [-0.4, -0.2) is 50.5 Å². The van der Waals surface area contributed by atoms with E-state index in [0.29, 0.717) is 16.9 Å². The van der Waals surface area contributed by atoms with Crippen molar-refractivity contribution in [1.29, 1.82) is 0 Å². The van der Waals surface area contributed by atoms with E-state index in [-0.39, 0.29) is 0 Å². The molecular formula is C28H47NO2. The maximum absolute atomic E-state index is 6.27. The second-order valence-electron chi connectivity index (χ2n) is 12.2. The molecule has 0 N–H and O–H groups in total. The van der Waals surface area contributed by atoms with Crippen LogP contribution in [0.5, 0.6) is 0 Å². The number of ether oxygens (including phenoxy) is 2. The molecule has 3 unspecified atom stereocenters. The Bertz CT molecular complexity index is 655. The standard InChI is InChI=1S/C28H47NO2/c1-21-6-9-25-24-8-7-22-20-23(31-19-18-30-17-16-29-14-4-5-15-29)10-12-28(22,3)26(24)11-13-27(21,25)2/h20-21,23-26H,4-19H2,1-3H3/t21-,23-,24?,25?,26?,27+,28-/m0/s1. The SMILES string of the molecule is C[C@H]1CCC2C3CCC4=C[C@@H](OCCOCCN5CCCC5)CC[C@]4(C)C3CC[C@@]21C. The van der Waals surface area contributed by atoms with E-state index in [4.69, 9.17) is 9.47 Å². The zero-order valence-corrected chi connectivity index (χ0v) is 20.5. The van der Waals surface area contributed by atoms with Crippen LogP contribution in [0.4, 0.5) is 0 Å². The van der Waals surface area contributed by atoms with E-state index in [1.54, 1.807) is 5.57 Å². The van der Waals surface area contributed by atoms with E-state index in [1.165, 1.54) is 77.3 Å². The van der Waals surface area contributed by atoms with Crippen LogP contribution in [0.1, 0.15) is 85.0 Å². The van der Waals surface area contributed by atoms with Crippen molar-refractivity contribution < 1.29 is 9.47 Å². The van der Waals surface area contributed by atoms with Gasteiger partial charge in [-0.3, -0.25) is 0 Å². The fourth-order valence-electron chi connectivity index (χ4n) is 8.65. The quantitative estimate of drug-likeness (QED) is 0.361. The molecule has 0 radical (unpaired) electrons. The number of nitrogens with zero attached hydrogens (tertiary/aromatic N) is 1. The van der Waals surface area contributed by atoms with Crippen LogP contribution >= 0.6 is 0 Å². The first-order valence-corrected chi connectivity index (χ1v) is 13.6. The van der Waals surface area contributed by atoms with E-state index in [1.807, 2.05) is 0 Å². The first kappa shape index (κ1) is 22.4. The smallest absolute Gasteiger partial charge is 0.0760 e. The predicted molar refractivity (Wildman–Crippen MR) is 127 cm³/mol. The van der Waals surface area contributed by atoms with Gasteiger partial charge in [-0.05, 0) is 112 Å². The third kappa shape index (κ3) is 4.17. The minimum absolute atomic E-state index is 0.321. The number of likely N-dealkylation sites (tertiary alicyclic amines) is 1. The largest absolute Gasteiger partial charge is 0.378 e. The van der Waals surface area contributed by atoms with Gasteiger partial charge in [0, 0.05) is 6.54 Å². The lowest BCUT2D eigenvalue weighted by Crippen LogP contribution is -2.50. The minimum Gasteiger partial charge on any atom is -0.378 e. The number of hydrogen-bond donors (Lipinski definition) is 0. The molecule has 0 aromatic carbocycles. The summed E-state index contributed by atoms with van der Waals surface area (Å²) in [7, 11) is 0. The van der Waals surface area contributed by atoms with Crippen LogP contribution in [0.25, 0.3) is 0 Å². The van der Waals surface area contributed by atoms with Crippen molar-refractivity contribution in [2.45, 2.75) is 91.1 Å². The molecule has 0 bridgehead atoms. The fraction of sp³-hybridized carbons (Fsp3) is 0.929. The molecule has 0 amide bonds.